The topological polar surface area (TPSA) is 94.1 Å². The molecule has 0 unspecified atom stereocenters. The Labute approximate surface area is 170 Å². The Kier molecular flexibility index (Phi) is 4.40. The lowest BCUT2D eigenvalue weighted by Gasteiger charge is -2.02. The number of anilines is 1. The van der Waals surface area contributed by atoms with E-state index >= 15 is 0 Å². The molecule has 1 amide bonds. The summed E-state index contributed by atoms with van der Waals surface area (Å²) >= 11 is 0. The van der Waals surface area contributed by atoms with Crippen molar-refractivity contribution >= 4 is 11.7 Å². The van der Waals surface area contributed by atoms with Gasteiger partial charge in [-0.3, -0.25) is 14.6 Å². The fourth-order valence-corrected chi connectivity index (χ4v) is 3.16. The van der Waals surface area contributed by atoms with Gasteiger partial charge in [0.1, 0.15) is 11.5 Å². The van der Waals surface area contributed by atoms with Crippen LogP contribution >= 0.6 is 0 Å². The third-order valence-electron chi connectivity index (χ3n) is 4.61. The van der Waals surface area contributed by atoms with Gasteiger partial charge in [-0.05, 0) is 42.0 Å². The van der Waals surface area contributed by atoms with Crippen molar-refractivity contribution in [3.8, 4) is 22.8 Å². The lowest BCUT2D eigenvalue weighted by Crippen LogP contribution is -2.13. The van der Waals surface area contributed by atoms with E-state index < -0.39 is 0 Å². The lowest BCUT2D eigenvalue weighted by atomic mass is 10.1. The molecule has 3 heterocycles. The number of carbonyl (C=O) groups excluding carboxylic acids is 1. The summed E-state index contributed by atoms with van der Waals surface area (Å²) in [5, 5.41) is 14.0. The van der Waals surface area contributed by atoms with E-state index in [-0.39, 0.29) is 18.5 Å². The number of fused-ring (bicyclic) bond motifs is 1. The maximum absolute atomic E-state index is 13.3. The molecule has 0 saturated carbocycles. The normalized spacial score (nSPS) is 12.2. The number of carbonyl (C=O) groups is 1. The number of amides is 1. The average Bonchev–Trinajstić information content (AvgIpc) is 3.48. The molecule has 0 atom stereocenters. The van der Waals surface area contributed by atoms with Crippen LogP contribution in [0.15, 0.2) is 60.8 Å². The molecule has 4 aromatic rings. The van der Waals surface area contributed by atoms with Crippen LogP contribution in [0, 0.1) is 5.82 Å². The second-order valence-electron chi connectivity index (χ2n) is 6.72. The maximum Gasteiger partial charge on any atom is 0.274 e. The summed E-state index contributed by atoms with van der Waals surface area (Å²) in [5.74, 6) is 1.04. The van der Waals surface area contributed by atoms with Gasteiger partial charge in [0.2, 0.25) is 6.79 Å². The van der Waals surface area contributed by atoms with E-state index in [2.05, 4.69) is 20.6 Å². The predicted octanol–water partition coefficient (Wildman–Crippen LogP) is 3.44. The number of nitrogens with zero attached hydrogens (tertiary/aromatic N) is 3. The van der Waals surface area contributed by atoms with Gasteiger partial charge in [0, 0.05) is 17.8 Å². The van der Waals surface area contributed by atoms with Gasteiger partial charge in [0.25, 0.3) is 5.91 Å². The number of halogens is 1. The molecule has 0 aliphatic carbocycles. The molecule has 150 valence electrons. The zero-order chi connectivity index (χ0) is 20.5. The summed E-state index contributed by atoms with van der Waals surface area (Å²) in [5.41, 5.74) is 2.48. The highest BCUT2D eigenvalue weighted by Crippen LogP contribution is 2.35. The molecule has 2 aromatic heterocycles. The molecule has 30 heavy (non-hydrogen) atoms. The zero-order valence-corrected chi connectivity index (χ0v) is 15.6. The summed E-state index contributed by atoms with van der Waals surface area (Å²) < 4.78 is 25.6. The number of nitrogens with one attached hydrogen (secondary N) is 2. The van der Waals surface area contributed by atoms with Gasteiger partial charge >= 0.3 is 0 Å². The quantitative estimate of drug-likeness (QED) is 0.531. The van der Waals surface area contributed by atoms with Gasteiger partial charge in [-0.15, -0.1) is 0 Å². The third kappa shape index (κ3) is 3.60. The van der Waals surface area contributed by atoms with Crippen molar-refractivity contribution in [2.24, 2.45) is 0 Å². The SMILES string of the molecule is O=C(Nc1ccn(Cc2cccc(F)c2)n1)c1cc(-c2ccc3c(c2)OCO3)n[nH]1. The van der Waals surface area contributed by atoms with Crippen LogP contribution in [0.3, 0.4) is 0 Å². The van der Waals surface area contributed by atoms with Crippen molar-refractivity contribution in [3.63, 3.8) is 0 Å². The van der Waals surface area contributed by atoms with Gasteiger partial charge in [-0.1, -0.05) is 12.1 Å². The average molecular weight is 405 g/mol. The molecule has 0 spiro atoms. The monoisotopic (exact) mass is 405 g/mol. The Morgan fingerprint density at radius 3 is 2.93 bits per heavy atom. The number of H-pyrrole nitrogens is 1. The summed E-state index contributed by atoms with van der Waals surface area (Å²) in [4.78, 5) is 12.5. The summed E-state index contributed by atoms with van der Waals surface area (Å²) in [6.07, 6.45) is 1.71. The van der Waals surface area contributed by atoms with Crippen molar-refractivity contribution < 1.29 is 18.7 Å². The van der Waals surface area contributed by atoms with Crippen LogP contribution in [0.1, 0.15) is 16.1 Å². The second kappa shape index (κ2) is 7.36. The van der Waals surface area contributed by atoms with Crippen molar-refractivity contribution in [2.75, 3.05) is 12.1 Å². The summed E-state index contributed by atoms with van der Waals surface area (Å²) in [6.45, 7) is 0.588. The largest absolute Gasteiger partial charge is 0.454 e. The zero-order valence-electron chi connectivity index (χ0n) is 15.6. The smallest absolute Gasteiger partial charge is 0.274 e. The second-order valence-corrected chi connectivity index (χ2v) is 6.72. The number of hydrogen-bond donors (Lipinski definition) is 2. The number of rotatable bonds is 5. The first-order valence-electron chi connectivity index (χ1n) is 9.19. The number of aromatic nitrogens is 4. The van der Waals surface area contributed by atoms with Gasteiger partial charge in [-0.25, -0.2) is 4.39 Å². The van der Waals surface area contributed by atoms with E-state index in [1.54, 1.807) is 35.1 Å². The minimum Gasteiger partial charge on any atom is -0.454 e. The number of aromatic amines is 1. The van der Waals surface area contributed by atoms with Crippen LogP contribution in [-0.4, -0.2) is 32.7 Å². The molecule has 5 rings (SSSR count). The van der Waals surface area contributed by atoms with Gasteiger partial charge in [0.15, 0.2) is 17.3 Å². The van der Waals surface area contributed by atoms with Gasteiger partial charge in [-0.2, -0.15) is 10.2 Å². The Hall–Kier alpha value is -4.14. The first-order valence-corrected chi connectivity index (χ1v) is 9.19. The van der Waals surface area contributed by atoms with E-state index in [4.69, 9.17) is 9.47 Å². The van der Waals surface area contributed by atoms with E-state index in [0.29, 0.717) is 35.2 Å². The molecular formula is C21H16FN5O3. The minimum absolute atomic E-state index is 0.193. The molecule has 0 saturated heterocycles. The van der Waals surface area contributed by atoms with Crippen molar-refractivity contribution in [1.29, 1.82) is 0 Å². The highest BCUT2D eigenvalue weighted by Gasteiger charge is 2.17. The molecular weight excluding hydrogens is 389 g/mol. The Balaban J connectivity index is 1.27. The van der Waals surface area contributed by atoms with Crippen molar-refractivity contribution in [1.82, 2.24) is 20.0 Å². The van der Waals surface area contributed by atoms with E-state index in [1.165, 1.54) is 12.1 Å². The maximum atomic E-state index is 13.3. The summed E-state index contributed by atoms with van der Waals surface area (Å²) in [6, 6.07) is 15.1. The van der Waals surface area contributed by atoms with Crippen molar-refractivity contribution in [3.05, 3.63) is 77.9 Å². The predicted molar refractivity (Wildman–Crippen MR) is 106 cm³/mol. The fraction of sp³-hybridized carbons (Fsp3) is 0.0952. The number of ether oxygens (including phenoxy) is 2. The molecule has 2 N–H and O–H groups in total. The Morgan fingerprint density at radius 2 is 2.03 bits per heavy atom. The van der Waals surface area contributed by atoms with E-state index in [0.717, 1.165) is 11.1 Å². The number of benzene rings is 2. The van der Waals surface area contributed by atoms with Crippen LogP contribution in [0.5, 0.6) is 11.5 Å². The molecule has 2 aromatic carbocycles. The van der Waals surface area contributed by atoms with Gasteiger partial charge < -0.3 is 14.8 Å². The van der Waals surface area contributed by atoms with Crippen LogP contribution in [0.25, 0.3) is 11.3 Å². The molecule has 8 nitrogen and oxygen atoms in total. The van der Waals surface area contributed by atoms with Gasteiger partial charge in [0.05, 0.1) is 12.2 Å². The molecule has 0 fully saturated rings. The fourth-order valence-electron chi connectivity index (χ4n) is 3.16. The van der Waals surface area contributed by atoms with E-state index in [1.807, 2.05) is 18.2 Å². The van der Waals surface area contributed by atoms with Crippen LogP contribution in [0.4, 0.5) is 10.2 Å². The minimum atomic E-state index is -0.370. The van der Waals surface area contributed by atoms with E-state index in [9.17, 15) is 9.18 Å². The number of hydrogen-bond acceptors (Lipinski definition) is 5. The van der Waals surface area contributed by atoms with Crippen LogP contribution < -0.4 is 14.8 Å². The molecule has 9 heteroatoms. The molecule has 1 aliphatic rings. The Morgan fingerprint density at radius 1 is 1.13 bits per heavy atom. The standard InChI is InChI=1S/C21H16FN5O3/c22-15-3-1-2-13(8-15)11-27-7-6-20(26-27)23-21(28)17-10-16(24-25-17)14-4-5-18-19(9-14)30-12-29-18/h1-10H,11-12H2,(H,24,25)(H,23,26,28). The molecule has 1 aliphatic heterocycles. The third-order valence-corrected chi connectivity index (χ3v) is 4.61. The molecule has 0 radical (unpaired) electrons. The summed E-state index contributed by atoms with van der Waals surface area (Å²) in [7, 11) is 0. The first kappa shape index (κ1) is 17.9. The highest BCUT2D eigenvalue weighted by atomic mass is 19.1. The molecule has 0 bridgehead atoms. The highest BCUT2D eigenvalue weighted by molar-refractivity contribution is 6.02. The lowest BCUT2D eigenvalue weighted by molar-refractivity contribution is 0.102. The Bertz CT molecular complexity index is 1230. The van der Waals surface area contributed by atoms with Crippen LogP contribution in [0.2, 0.25) is 0 Å². The first-order chi connectivity index (χ1) is 14.6. The van der Waals surface area contributed by atoms with Crippen LogP contribution in [-0.2, 0) is 6.54 Å². The van der Waals surface area contributed by atoms with Crippen molar-refractivity contribution in [2.45, 2.75) is 6.54 Å².